The summed E-state index contributed by atoms with van der Waals surface area (Å²) in [4.78, 5) is 23.6. The smallest absolute Gasteiger partial charge is 0.534 e. The van der Waals surface area contributed by atoms with Crippen LogP contribution in [-0.4, -0.2) is 50.1 Å². The number of fused-ring (bicyclic) bond motifs is 1. The molecule has 0 bridgehead atoms. The number of aromatic nitrogens is 3. The van der Waals surface area contributed by atoms with Crippen LogP contribution in [0.15, 0.2) is 41.2 Å². The number of carboxylic acids is 1. The van der Waals surface area contributed by atoms with Gasteiger partial charge in [0, 0.05) is 10.9 Å². The van der Waals surface area contributed by atoms with E-state index in [1.807, 2.05) is 16.8 Å². The SMILES string of the molecule is O=C(Cn1cc(-c2ccsc2)nn1)N[C@H]1Cc2cccc(C(=O)O)c2OB1O. The van der Waals surface area contributed by atoms with Gasteiger partial charge < -0.3 is 20.1 Å². The lowest BCUT2D eigenvalue weighted by atomic mass is 9.72. The van der Waals surface area contributed by atoms with E-state index in [1.54, 1.807) is 29.7 Å². The van der Waals surface area contributed by atoms with Crippen molar-refractivity contribution in [2.75, 3.05) is 0 Å². The highest BCUT2D eigenvalue weighted by molar-refractivity contribution is 7.08. The maximum absolute atomic E-state index is 12.4. The lowest BCUT2D eigenvalue weighted by molar-refractivity contribution is -0.122. The van der Waals surface area contributed by atoms with Crippen molar-refractivity contribution in [2.24, 2.45) is 0 Å². The van der Waals surface area contributed by atoms with Gasteiger partial charge in [-0.25, -0.2) is 9.48 Å². The lowest BCUT2D eigenvalue weighted by Crippen LogP contribution is -2.53. The van der Waals surface area contributed by atoms with E-state index < -0.39 is 19.0 Å². The molecule has 0 unspecified atom stereocenters. The minimum Gasteiger partial charge on any atom is -0.534 e. The highest BCUT2D eigenvalue weighted by Crippen LogP contribution is 2.30. The number of carbonyl (C=O) groups excluding carboxylic acids is 1. The van der Waals surface area contributed by atoms with Gasteiger partial charge in [0.05, 0.1) is 17.7 Å². The second kappa shape index (κ2) is 7.45. The number of carbonyl (C=O) groups is 2. The van der Waals surface area contributed by atoms with Crippen LogP contribution in [0, 0.1) is 0 Å². The van der Waals surface area contributed by atoms with E-state index in [4.69, 9.17) is 4.65 Å². The van der Waals surface area contributed by atoms with E-state index in [2.05, 4.69) is 15.6 Å². The Morgan fingerprint density at radius 2 is 2.25 bits per heavy atom. The maximum Gasteiger partial charge on any atom is 0.547 e. The van der Waals surface area contributed by atoms with Gasteiger partial charge in [0.1, 0.15) is 18.0 Å². The normalized spacial score (nSPS) is 15.6. The van der Waals surface area contributed by atoms with Crippen molar-refractivity contribution in [3.05, 3.63) is 52.3 Å². The van der Waals surface area contributed by atoms with Crippen LogP contribution in [0.1, 0.15) is 15.9 Å². The molecule has 11 heteroatoms. The first-order valence-corrected chi connectivity index (χ1v) is 9.37. The van der Waals surface area contributed by atoms with Crippen LogP contribution in [0.3, 0.4) is 0 Å². The maximum atomic E-state index is 12.4. The zero-order valence-corrected chi connectivity index (χ0v) is 15.3. The fraction of sp³-hybridized carbons (Fsp3) is 0.176. The summed E-state index contributed by atoms with van der Waals surface area (Å²) >= 11 is 1.54. The summed E-state index contributed by atoms with van der Waals surface area (Å²) in [7, 11) is -1.35. The molecule has 28 heavy (non-hydrogen) atoms. The van der Waals surface area contributed by atoms with E-state index in [0.717, 1.165) is 5.56 Å². The van der Waals surface area contributed by atoms with E-state index in [0.29, 0.717) is 11.3 Å². The Bertz CT molecular complexity index is 1020. The van der Waals surface area contributed by atoms with E-state index in [9.17, 15) is 19.7 Å². The minimum atomic E-state index is -1.35. The highest BCUT2D eigenvalue weighted by atomic mass is 32.1. The Morgan fingerprint density at radius 3 is 3.00 bits per heavy atom. The van der Waals surface area contributed by atoms with Gasteiger partial charge in [-0.15, -0.1) is 5.10 Å². The number of thiophene rings is 1. The number of nitrogens with one attached hydrogen (secondary N) is 1. The first-order chi connectivity index (χ1) is 13.5. The summed E-state index contributed by atoms with van der Waals surface area (Å²) < 4.78 is 6.78. The average Bonchev–Trinajstić information content (AvgIpc) is 3.33. The first kappa shape index (κ1) is 18.2. The number of aromatic carboxylic acids is 1. The number of amides is 1. The molecule has 0 fully saturated rings. The van der Waals surface area contributed by atoms with Crippen molar-refractivity contribution in [1.29, 1.82) is 0 Å². The Labute approximate surface area is 163 Å². The molecule has 3 N–H and O–H groups in total. The molecule has 3 aromatic rings. The molecule has 3 heterocycles. The van der Waals surface area contributed by atoms with Gasteiger partial charge in [-0.3, -0.25) is 4.79 Å². The molecule has 9 nitrogen and oxygen atoms in total. The first-order valence-electron chi connectivity index (χ1n) is 8.43. The summed E-state index contributed by atoms with van der Waals surface area (Å²) in [5.74, 6) is -2.08. The third-order valence-electron chi connectivity index (χ3n) is 4.36. The van der Waals surface area contributed by atoms with Gasteiger partial charge in [-0.1, -0.05) is 17.3 Å². The van der Waals surface area contributed by atoms with Crippen LogP contribution in [0.5, 0.6) is 5.75 Å². The quantitative estimate of drug-likeness (QED) is 0.544. The second-order valence-corrected chi connectivity index (χ2v) is 7.08. The zero-order valence-electron chi connectivity index (χ0n) is 14.5. The van der Waals surface area contributed by atoms with Crippen molar-refractivity contribution in [2.45, 2.75) is 18.9 Å². The molecular weight excluding hydrogens is 383 g/mol. The Balaban J connectivity index is 1.42. The van der Waals surface area contributed by atoms with Crippen LogP contribution in [0.2, 0.25) is 0 Å². The third kappa shape index (κ3) is 3.62. The molecule has 0 aliphatic carbocycles. The summed E-state index contributed by atoms with van der Waals surface area (Å²) in [6.45, 7) is -0.0671. The van der Waals surface area contributed by atoms with Gasteiger partial charge in [0.2, 0.25) is 5.91 Å². The predicted molar refractivity (Wildman–Crippen MR) is 101 cm³/mol. The van der Waals surface area contributed by atoms with Gasteiger partial charge in [-0.2, -0.15) is 11.3 Å². The second-order valence-electron chi connectivity index (χ2n) is 6.30. The molecule has 0 saturated heterocycles. The monoisotopic (exact) mass is 398 g/mol. The Morgan fingerprint density at radius 1 is 1.39 bits per heavy atom. The van der Waals surface area contributed by atoms with Gasteiger partial charge in [0.15, 0.2) is 0 Å². The number of nitrogens with zero attached hydrogens (tertiary/aromatic N) is 3. The molecule has 1 amide bonds. The van der Waals surface area contributed by atoms with Crippen LogP contribution >= 0.6 is 11.3 Å². The predicted octanol–water partition coefficient (Wildman–Crippen LogP) is 0.844. The topological polar surface area (TPSA) is 127 Å². The van der Waals surface area contributed by atoms with Crippen LogP contribution < -0.4 is 9.97 Å². The molecule has 0 spiro atoms. The van der Waals surface area contributed by atoms with Crippen LogP contribution in [0.25, 0.3) is 11.3 Å². The third-order valence-corrected chi connectivity index (χ3v) is 5.04. The largest absolute Gasteiger partial charge is 0.547 e. The van der Waals surface area contributed by atoms with Crippen molar-refractivity contribution in [3.8, 4) is 17.0 Å². The molecule has 0 saturated carbocycles. The number of benzene rings is 1. The number of hydrogen-bond acceptors (Lipinski definition) is 7. The van der Waals surface area contributed by atoms with Crippen LogP contribution in [0.4, 0.5) is 0 Å². The van der Waals surface area contributed by atoms with Crippen molar-refractivity contribution in [3.63, 3.8) is 0 Å². The summed E-state index contributed by atoms with van der Waals surface area (Å²) in [6, 6.07) is 6.63. The fourth-order valence-electron chi connectivity index (χ4n) is 3.03. The molecule has 1 aliphatic heterocycles. The molecule has 1 atom stereocenters. The summed E-state index contributed by atoms with van der Waals surface area (Å²) in [5, 5.41) is 34.0. The molecular formula is C17H15BN4O5S. The average molecular weight is 398 g/mol. The standard InChI is InChI=1S/C17H15BN4O5S/c23-15(8-22-7-13(20-21-22)11-4-5-28-9-11)19-14-6-10-2-1-3-12(17(24)25)16(10)27-18(14)26/h1-5,7,9,14,26H,6,8H2,(H,19,23)(H,24,25)/t14-/m0/s1. The molecule has 142 valence electrons. The van der Waals surface area contributed by atoms with Gasteiger partial charge in [0.25, 0.3) is 0 Å². The number of carboxylic acid groups (broad SMARTS) is 1. The van der Waals surface area contributed by atoms with E-state index in [-0.39, 0.29) is 30.2 Å². The number of rotatable bonds is 5. The van der Waals surface area contributed by atoms with E-state index >= 15 is 0 Å². The van der Waals surface area contributed by atoms with Gasteiger partial charge >= 0.3 is 13.1 Å². The van der Waals surface area contributed by atoms with Crippen molar-refractivity contribution < 1.29 is 24.4 Å². The molecule has 2 aromatic heterocycles. The molecule has 4 rings (SSSR count). The fourth-order valence-corrected chi connectivity index (χ4v) is 3.68. The molecule has 1 aliphatic rings. The molecule has 0 radical (unpaired) electrons. The van der Waals surface area contributed by atoms with E-state index in [1.165, 1.54) is 10.7 Å². The van der Waals surface area contributed by atoms with Crippen molar-refractivity contribution in [1.82, 2.24) is 20.3 Å². The lowest BCUT2D eigenvalue weighted by Gasteiger charge is -2.28. The van der Waals surface area contributed by atoms with Gasteiger partial charge in [-0.05, 0) is 29.5 Å². The molecule has 1 aromatic carbocycles. The Hall–Kier alpha value is -3.18. The van der Waals surface area contributed by atoms with Crippen molar-refractivity contribution >= 4 is 30.3 Å². The number of para-hydroxylation sites is 1. The summed E-state index contributed by atoms with van der Waals surface area (Å²) in [6.07, 6.45) is 1.92. The minimum absolute atomic E-state index is 0.0232. The highest BCUT2D eigenvalue weighted by Gasteiger charge is 2.37. The zero-order chi connectivity index (χ0) is 19.7. The number of hydrogen-bond donors (Lipinski definition) is 3. The summed E-state index contributed by atoms with van der Waals surface area (Å²) in [5.41, 5.74) is 2.18. The van der Waals surface area contributed by atoms with Crippen LogP contribution in [-0.2, 0) is 17.8 Å². The Kier molecular flexibility index (Phi) is 4.84.